The van der Waals surface area contributed by atoms with Crippen molar-refractivity contribution in [2.75, 3.05) is 77.8 Å². The van der Waals surface area contributed by atoms with Gasteiger partial charge in [-0.15, -0.1) is 5.10 Å². The summed E-state index contributed by atoms with van der Waals surface area (Å²) in [7, 11) is 7.47. The molecule has 0 saturated carbocycles. The molecule has 10 nitrogen and oxygen atoms in total. The molecule has 1 N–H and O–H groups in total. The van der Waals surface area contributed by atoms with Gasteiger partial charge in [-0.3, -0.25) is 4.90 Å². The van der Waals surface area contributed by atoms with E-state index in [1.54, 1.807) is 24.9 Å². The van der Waals surface area contributed by atoms with Crippen LogP contribution in [0.25, 0.3) is 5.65 Å². The Labute approximate surface area is 182 Å². The molecule has 1 aliphatic heterocycles. The molecule has 1 saturated heterocycles. The minimum absolute atomic E-state index is 0.495. The maximum atomic E-state index is 5.34. The fraction of sp³-hybridized carbons (Fsp3) is 0.476. The Hall–Kier alpha value is -3.11. The summed E-state index contributed by atoms with van der Waals surface area (Å²) < 4.78 is 12.4. The Kier molecular flexibility index (Phi) is 6.38. The molecule has 2 aromatic heterocycles. The molecule has 0 aliphatic carbocycles. The molecule has 0 radical (unpaired) electrons. The van der Waals surface area contributed by atoms with Crippen LogP contribution in [0, 0.1) is 0 Å². The lowest BCUT2D eigenvalue weighted by Gasteiger charge is -2.35. The average Bonchev–Trinajstić information content (AvgIpc) is 3.20. The van der Waals surface area contributed by atoms with Crippen LogP contribution in [0.4, 0.5) is 17.5 Å². The van der Waals surface area contributed by atoms with Gasteiger partial charge in [0.15, 0.2) is 11.5 Å². The molecule has 0 amide bonds. The molecule has 0 unspecified atom stereocenters. The summed E-state index contributed by atoms with van der Waals surface area (Å²) in [5, 5.41) is 7.81. The SMILES string of the molecule is COc1cc(Nc2nc3c(N4CCN(CCN(C)C)CC4)nccn3n2)cc(OC)c1. The second kappa shape index (κ2) is 9.36. The number of nitrogens with zero attached hydrogens (tertiary/aromatic N) is 7. The Bertz CT molecular complexity index is 992. The van der Waals surface area contributed by atoms with Gasteiger partial charge in [0.05, 0.1) is 14.2 Å². The van der Waals surface area contributed by atoms with E-state index in [1.165, 1.54) is 0 Å². The lowest BCUT2D eigenvalue weighted by atomic mass is 10.3. The minimum atomic E-state index is 0.495. The number of piperazine rings is 1. The lowest BCUT2D eigenvalue weighted by Crippen LogP contribution is -2.48. The maximum absolute atomic E-state index is 5.34. The topological polar surface area (TPSA) is 83.3 Å². The van der Waals surface area contributed by atoms with Crippen molar-refractivity contribution < 1.29 is 9.47 Å². The van der Waals surface area contributed by atoms with E-state index in [9.17, 15) is 0 Å². The summed E-state index contributed by atoms with van der Waals surface area (Å²) in [4.78, 5) is 16.3. The van der Waals surface area contributed by atoms with Crippen LogP contribution in [0.2, 0.25) is 0 Å². The third-order valence-corrected chi connectivity index (χ3v) is 5.38. The van der Waals surface area contributed by atoms with Crippen LogP contribution in [0.5, 0.6) is 11.5 Å². The highest BCUT2D eigenvalue weighted by molar-refractivity contribution is 5.67. The first-order chi connectivity index (χ1) is 15.1. The van der Waals surface area contributed by atoms with Crippen LogP contribution in [0.15, 0.2) is 30.6 Å². The van der Waals surface area contributed by atoms with E-state index < -0.39 is 0 Å². The van der Waals surface area contributed by atoms with Crippen LogP contribution >= 0.6 is 0 Å². The number of nitrogens with one attached hydrogen (secondary N) is 1. The molecule has 0 atom stereocenters. The van der Waals surface area contributed by atoms with Crippen LogP contribution in [-0.2, 0) is 0 Å². The van der Waals surface area contributed by atoms with Crippen molar-refractivity contribution in [2.45, 2.75) is 0 Å². The van der Waals surface area contributed by atoms with Gasteiger partial charge in [0.1, 0.15) is 11.5 Å². The van der Waals surface area contributed by atoms with Crippen molar-refractivity contribution in [3.63, 3.8) is 0 Å². The fourth-order valence-corrected chi connectivity index (χ4v) is 3.61. The van der Waals surface area contributed by atoms with E-state index in [-0.39, 0.29) is 0 Å². The van der Waals surface area contributed by atoms with Gasteiger partial charge in [-0.05, 0) is 14.1 Å². The van der Waals surface area contributed by atoms with Crippen molar-refractivity contribution in [2.24, 2.45) is 0 Å². The summed E-state index contributed by atoms with van der Waals surface area (Å²) in [6.07, 6.45) is 3.59. The highest BCUT2D eigenvalue weighted by atomic mass is 16.5. The van der Waals surface area contributed by atoms with Crippen molar-refractivity contribution in [3.05, 3.63) is 30.6 Å². The molecule has 3 heterocycles. The minimum Gasteiger partial charge on any atom is -0.497 e. The van der Waals surface area contributed by atoms with E-state index in [0.29, 0.717) is 17.4 Å². The largest absolute Gasteiger partial charge is 0.497 e. The first kappa shape index (κ1) is 21.1. The average molecular weight is 427 g/mol. The van der Waals surface area contributed by atoms with Gasteiger partial charge in [-0.25, -0.2) is 9.50 Å². The number of hydrogen-bond donors (Lipinski definition) is 1. The number of fused-ring (bicyclic) bond motifs is 1. The molecule has 3 aromatic rings. The second-order valence-electron chi connectivity index (χ2n) is 7.81. The highest BCUT2D eigenvalue weighted by Gasteiger charge is 2.21. The predicted octanol–water partition coefficient (Wildman–Crippen LogP) is 1.57. The molecule has 4 rings (SSSR count). The summed E-state index contributed by atoms with van der Waals surface area (Å²) in [6, 6.07) is 5.57. The maximum Gasteiger partial charge on any atom is 0.247 e. The number of methoxy groups -OCH3 is 2. The number of aromatic nitrogens is 4. The second-order valence-corrected chi connectivity index (χ2v) is 7.81. The van der Waals surface area contributed by atoms with Crippen molar-refractivity contribution >= 4 is 23.1 Å². The number of anilines is 3. The fourth-order valence-electron chi connectivity index (χ4n) is 3.61. The molecule has 1 fully saturated rings. The normalized spacial score (nSPS) is 14.9. The van der Waals surface area contributed by atoms with Crippen LogP contribution in [0.3, 0.4) is 0 Å². The van der Waals surface area contributed by atoms with Gasteiger partial charge in [0, 0.05) is 75.5 Å². The Morgan fingerprint density at radius 1 is 1.03 bits per heavy atom. The molecular formula is C21H30N8O2. The zero-order valence-corrected chi connectivity index (χ0v) is 18.6. The van der Waals surface area contributed by atoms with E-state index in [0.717, 1.165) is 56.4 Å². The van der Waals surface area contributed by atoms with Crippen LogP contribution < -0.4 is 19.7 Å². The lowest BCUT2D eigenvalue weighted by molar-refractivity contribution is 0.229. The predicted molar refractivity (Wildman–Crippen MR) is 121 cm³/mol. The third kappa shape index (κ3) is 4.97. The van der Waals surface area contributed by atoms with Gasteiger partial charge in [-0.1, -0.05) is 0 Å². The zero-order valence-electron chi connectivity index (χ0n) is 18.6. The first-order valence-corrected chi connectivity index (χ1v) is 10.4. The third-order valence-electron chi connectivity index (χ3n) is 5.38. The van der Waals surface area contributed by atoms with Gasteiger partial charge >= 0.3 is 0 Å². The molecular weight excluding hydrogens is 396 g/mol. The molecule has 0 bridgehead atoms. The van der Waals surface area contributed by atoms with E-state index in [4.69, 9.17) is 14.5 Å². The van der Waals surface area contributed by atoms with Crippen molar-refractivity contribution in [3.8, 4) is 11.5 Å². The number of ether oxygens (including phenoxy) is 2. The van der Waals surface area contributed by atoms with Crippen molar-refractivity contribution in [1.29, 1.82) is 0 Å². The summed E-state index contributed by atoms with van der Waals surface area (Å²) in [6.45, 7) is 6.02. The van der Waals surface area contributed by atoms with Gasteiger partial charge in [-0.2, -0.15) is 4.98 Å². The monoisotopic (exact) mass is 426 g/mol. The quantitative estimate of drug-likeness (QED) is 0.577. The zero-order chi connectivity index (χ0) is 21.8. The van der Waals surface area contributed by atoms with Gasteiger partial charge in [0.2, 0.25) is 5.95 Å². The summed E-state index contributed by atoms with van der Waals surface area (Å²) in [5.41, 5.74) is 1.53. The van der Waals surface area contributed by atoms with Gasteiger partial charge < -0.3 is 24.6 Å². The Morgan fingerprint density at radius 2 is 1.74 bits per heavy atom. The molecule has 10 heteroatoms. The van der Waals surface area contributed by atoms with E-state index in [2.05, 4.69) is 44.2 Å². The molecule has 31 heavy (non-hydrogen) atoms. The van der Waals surface area contributed by atoms with Crippen molar-refractivity contribution in [1.82, 2.24) is 29.4 Å². The standard InChI is InChI=1S/C21H30N8O2/c1-26(2)7-8-27-9-11-28(12-10-27)19-20-24-21(25-29(20)6-5-22-19)23-16-13-17(30-3)15-18(14-16)31-4/h5-6,13-15H,7-12H2,1-4H3,(H,23,25). The van der Waals surface area contributed by atoms with Crippen LogP contribution in [0.1, 0.15) is 0 Å². The number of likely N-dealkylation sites (N-methyl/N-ethyl adjacent to an activating group) is 1. The number of hydrogen-bond acceptors (Lipinski definition) is 9. The summed E-state index contributed by atoms with van der Waals surface area (Å²) in [5.74, 6) is 2.74. The molecule has 0 spiro atoms. The number of rotatable bonds is 8. The first-order valence-electron chi connectivity index (χ1n) is 10.4. The highest BCUT2D eigenvalue weighted by Crippen LogP contribution is 2.28. The smallest absolute Gasteiger partial charge is 0.247 e. The van der Waals surface area contributed by atoms with Crippen LogP contribution in [-0.4, -0.2) is 97.0 Å². The van der Waals surface area contributed by atoms with E-state index in [1.807, 2.05) is 24.4 Å². The Morgan fingerprint density at radius 3 is 2.39 bits per heavy atom. The Balaban J connectivity index is 1.50. The summed E-state index contributed by atoms with van der Waals surface area (Å²) >= 11 is 0. The van der Waals surface area contributed by atoms with E-state index >= 15 is 0 Å². The van der Waals surface area contributed by atoms with Gasteiger partial charge in [0.25, 0.3) is 0 Å². The number of benzene rings is 1. The molecule has 166 valence electrons. The molecule has 1 aromatic carbocycles. The molecule has 1 aliphatic rings.